The van der Waals surface area contributed by atoms with Gasteiger partial charge in [-0.2, -0.15) is 5.10 Å². The number of hydrogen-bond donors (Lipinski definition) is 1. The first-order chi connectivity index (χ1) is 12.7. The minimum Gasteiger partial charge on any atom is -0.482 e. The number of nitrogens with zero attached hydrogens (tertiary/aromatic N) is 2. The lowest BCUT2D eigenvalue weighted by molar-refractivity contribution is -0.0219. The molecule has 27 heavy (non-hydrogen) atoms. The largest absolute Gasteiger partial charge is 0.482 e. The summed E-state index contributed by atoms with van der Waals surface area (Å²) < 4.78 is 12.1. The molecule has 1 N–H and O–H groups in total. The van der Waals surface area contributed by atoms with Gasteiger partial charge in [-0.3, -0.25) is 5.10 Å². The number of benzene rings is 1. The Balaban J connectivity index is 1.63. The van der Waals surface area contributed by atoms with Crippen LogP contribution in [0.1, 0.15) is 50.4 Å². The summed E-state index contributed by atoms with van der Waals surface area (Å²) in [5.41, 5.74) is 4.37. The van der Waals surface area contributed by atoms with Gasteiger partial charge in [-0.05, 0) is 52.3 Å². The first kappa shape index (κ1) is 17.9. The van der Waals surface area contributed by atoms with Gasteiger partial charge in [0.05, 0.1) is 0 Å². The molecule has 1 aromatic carbocycles. The van der Waals surface area contributed by atoms with Gasteiger partial charge in [0.15, 0.2) is 0 Å². The Kier molecular flexibility index (Phi) is 3.98. The van der Waals surface area contributed by atoms with Gasteiger partial charge in [0, 0.05) is 42.8 Å². The maximum Gasteiger partial charge on any atom is 0.410 e. The molecule has 1 fully saturated rings. The maximum absolute atomic E-state index is 12.4. The van der Waals surface area contributed by atoms with E-state index in [4.69, 9.17) is 9.47 Å². The van der Waals surface area contributed by atoms with E-state index in [0.29, 0.717) is 25.9 Å². The fourth-order valence-electron chi connectivity index (χ4n) is 4.08. The molecule has 2 aromatic rings. The zero-order chi connectivity index (χ0) is 19.4. The highest BCUT2D eigenvalue weighted by Gasteiger charge is 2.47. The number of aryl methyl sites for hydroxylation is 2. The lowest BCUT2D eigenvalue weighted by Crippen LogP contribution is -2.50. The molecule has 0 unspecified atom stereocenters. The number of likely N-dealkylation sites (tertiary alicyclic amines) is 1. The summed E-state index contributed by atoms with van der Waals surface area (Å²) in [6, 6.07) is 6.23. The van der Waals surface area contributed by atoms with E-state index < -0.39 is 11.2 Å². The van der Waals surface area contributed by atoms with Gasteiger partial charge in [-0.25, -0.2) is 4.79 Å². The topological polar surface area (TPSA) is 67.4 Å². The second-order valence-corrected chi connectivity index (χ2v) is 8.64. The van der Waals surface area contributed by atoms with Gasteiger partial charge in [-0.1, -0.05) is 6.07 Å². The number of fused-ring (bicyclic) bond motifs is 4. The molecule has 4 rings (SSSR count). The number of carbonyl (C=O) groups is 1. The second-order valence-electron chi connectivity index (χ2n) is 8.64. The number of H-pyrrole nitrogens is 1. The van der Waals surface area contributed by atoms with Crippen LogP contribution in [0.25, 0.3) is 11.3 Å². The molecule has 3 heterocycles. The Bertz CT molecular complexity index is 887. The van der Waals surface area contributed by atoms with E-state index in [9.17, 15) is 4.79 Å². The van der Waals surface area contributed by atoms with Crippen molar-refractivity contribution < 1.29 is 14.3 Å². The molecule has 0 saturated carbocycles. The summed E-state index contributed by atoms with van der Waals surface area (Å²) in [7, 11) is 0. The predicted octanol–water partition coefficient (Wildman–Crippen LogP) is 4.31. The van der Waals surface area contributed by atoms with Crippen LogP contribution in [0.4, 0.5) is 4.79 Å². The third kappa shape index (κ3) is 3.07. The number of rotatable bonds is 0. The van der Waals surface area contributed by atoms with E-state index in [1.54, 1.807) is 4.90 Å². The fraction of sp³-hybridized carbons (Fsp3) is 0.524. The number of nitrogens with one attached hydrogen (secondary N) is 1. The van der Waals surface area contributed by atoms with Crippen molar-refractivity contribution in [3.63, 3.8) is 0 Å². The van der Waals surface area contributed by atoms with Crippen molar-refractivity contribution >= 4 is 6.09 Å². The second kappa shape index (κ2) is 6.01. The highest BCUT2D eigenvalue weighted by Crippen LogP contribution is 2.50. The van der Waals surface area contributed by atoms with E-state index in [2.05, 4.69) is 35.3 Å². The van der Waals surface area contributed by atoms with Crippen LogP contribution in [0.5, 0.6) is 5.75 Å². The maximum atomic E-state index is 12.4. The molecular weight excluding hydrogens is 342 g/mol. The highest BCUT2D eigenvalue weighted by molar-refractivity contribution is 5.75. The van der Waals surface area contributed by atoms with Crippen molar-refractivity contribution in [2.45, 2.75) is 58.7 Å². The van der Waals surface area contributed by atoms with Gasteiger partial charge in [0.2, 0.25) is 0 Å². The standard InChI is InChI=1S/C21H27N3O3/c1-13-6-7-15-16(12-13)26-21(17-14(2)22-23-18(15)17)8-10-24(11-9-21)19(25)27-20(3,4)5/h6-7,12H,8-11H2,1-5H3,(H,22,23). The minimum absolute atomic E-state index is 0.256. The van der Waals surface area contributed by atoms with Crippen molar-refractivity contribution in [3.8, 4) is 17.0 Å². The number of aromatic nitrogens is 2. The molecule has 0 aliphatic carbocycles. The van der Waals surface area contributed by atoms with Crippen LogP contribution in [-0.4, -0.2) is 39.9 Å². The Morgan fingerprint density at radius 2 is 1.96 bits per heavy atom. The van der Waals surface area contributed by atoms with Gasteiger partial charge < -0.3 is 14.4 Å². The number of piperidine rings is 1. The van der Waals surface area contributed by atoms with E-state index >= 15 is 0 Å². The monoisotopic (exact) mass is 369 g/mol. The molecule has 6 heteroatoms. The molecule has 0 radical (unpaired) electrons. The molecule has 1 aromatic heterocycles. The number of carbonyl (C=O) groups excluding carboxylic acids is 1. The number of ether oxygens (including phenoxy) is 2. The van der Waals surface area contributed by atoms with Gasteiger partial charge >= 0.3 is 6.09 Å². The Morgan fingerprint density at radius 3 is 2.63 bits per heavy atom. The van der Waals surface area contributed by atoms with E-state index in [-0.39, 0.29) is 6.09 Å². The van der Waals surface area contributed by atoms with Gasteiger partial charge in [-0.15, -0.1) is 0 Å². The Hall–Kier alpha value is -2.50. The lowest BCUT2D eigenvalue weighted by atomic mass is 9.79. The summed E-state index contributed by atoms with van der Waals surface area (Å²) in [5, 5.41) is 7.71. The lowest BCUT2D eigenvalue weighted by Gasteiger charge is -2.44. The molecule has 2 aliphatic heterocycles. The van der Waals surface area contributed by atoms with E-state index in [0.717, 1.165) is 33.8 Å². The normalized spacial score (nSPS) is 17.9. The summed E-state index contributed by atoms with van der Waals surface area (Å²) in [6.07, 6.45) is 1.17. The van der Waals surface area contributed by atoms with Crippen molar-refractivity contribution in [1.82, 2.24) is 15.1 Å². The van der Waals surface area contributed by atoms with Gasteiger partial charge in [0.1, 0.15) is 22.6 Å². The van der Waals surface area contributed by atoms with Crippen molar-refractivity contribution in [3.05, 3.63) is 35.0 Å². The fourth-order valence-corrected chi connectivity index (χ4v) is 4.08. The molecule has 1 amide bonds. The SMILES string of the molecule is Cc1ccc2c(c1)OC1(CCN(C(=O)OC(C)(C)C)CC1)c1c-2n[nH]c1C. The van der Waals surface area contributed by atoms with Crippen LogP contribution >= 0.6 is 0 Å². The summed E-state index contributed by atoms with van der Waals surface area (Å²) >= 11 is 0. The zero-order valence-electron chi connectivity index (χ0n) is 16.7. The first-order valence-electron chi connectivity index (χ1n) is 9.52. The van der Waals surface area contributed by atoms with Crippen LogP contribution in [0.2, 0.25) is 0 Å². The van der Waals surface area contributed by atoms with Crippen LogP contribution in [0.3, 0.4) is 0 Å². The average molecular weight is 369 g/mol. The third-order valence-electron chi connectivity index (χ3n) is 5.32. The predicted molar refractivity (Wildman–Crippen MR) is 103 cm³/mol. The van der Waals surface area contributed by atoms with Crippen LogP contribution in [-0.2, 0) is 10.3 Å². The smallest absolute Gasteiger partial charge is 0.410 e. The van der Waals surface area contributed by atoms with Crippen LogP contribution in [0.15, 0.2) is 18.2 Å². The van der Waals surface area contributed by atoms with Crippen LogP contribution < -0.4 is 4.74 Å². The number of aromatic amines is 1. The highest BCUT2D eigenvalue weighted by atomic mass is 16.6. The molecule has 0 bridgehead atoms. The van der Waals surface area contributed by atoms with E-state index in [1.807, 2.05) is 27.7 Å². The summed E-state index contributed by atoms with van der Waals surface area (Å²) in [5.74, 6) is 0.875. The van der Waals surface area contributed by atoms with Gasteiger partial charge in [0.25, 0.3) is 0 Å². The summed E-state index contributed by atoms with van der Waals surface area (Å²) in [6.45, 7) is 11.0. The number of amides is 1. The number of hydrogen-bond acceptors (Lipinski definition) is 4. The molecule has 6 nitrogen and oxygen atoms in total. The molecule has 1 saturated heterocycles. The molecule has 1 spiro atoms. The van der Waals surface area contributed by atoms with Crippen molar-refractivity contribution in [1.29, 1.82) is 0 Å². The zero-order valence-corrected chi connectivity index (χ0v) is 16.7. The molecular formula is C21H27N3O3. The third-order valence-corrected chi connectivity index (χ3v) is 5.32. The quantitative estimate of drug-likeness (QED) is 0.751. The average Bonchev–Trinajstić information content (AvgIpc) is 2.97. The summed E-state index contributed by atoms with van der Waals surface area (Å²) in [4.78, 5) is 14.2. The Morgan fingerprint density at radius 1 is 1.26 bits per heavy atom. The minimum atomic E-state index is -0.488. The van der Waals surface area contributed by atoms with Crippen molar-refractivity contribution in [2.24, 2.45) is 0 Å². The van der Waals surface area contributed by atoms with Crippen molar-refractivity contribution in [2.75, 3.05) is 13.1 Å². The van der Waals surface area contributed by atoms with E-state index in [1.165, 1.54) is 0 Å². The molecule has 144 valence electrons. The molecule has 2 aliphatic rings. The van der Waals surface area contributed by atoms with Crippen LogP contribution in [0, 0.1) is 13.8 Å². The molecule has 0 atom stereocenters. The Labute approximate surface area is 159 Å². The first-order valence-corrected chi connectivity index (χ1v) is 9.52.